The number of amides is 2. The molecule has 1 saturated heterocycles. The van der Waals surface area contributed by atoms with Gasteiger partial charge in [-0.2, -0.15) is 5.10 Å². The second kappa shape index (κ2) is 10.7. The molecule has 1 saturated carbocycles. The Labute approximate surface area is 236 Å². The Morgan fingerprint density at radius 2 is 1.80 bits per heavy atom. The Bertz CT molecular complexity index is 1680. The fourth-order valence-electron chi connectivity index (χ4n) is 5.61. The molecule has 208 valence electrons. The van der Waals surface area contributed by atoms with Crippen LogP contribution >= 0.6 is 0 Å². The van der Waals surface area contributed by atoms with E-state index in [1.165, 1.54) is 17.7 Å². The van der Waals surface area contributed by atoms with Crippen molar-refractivity contribution in [3.8, 4) is 11.1 Å². The second-order valence-electron chi connectivity index (χ2n) is 10.6. The van der Waals surface area contributed by atoms with Gasteiger partial charge in [-0.25, -0.2) is 14.4 Å². The summed E-state index contributed by atoms with van der Waals surface area (Å²) in [5.41, 5.74) is 3.24. The predicted molar refractivity (Wildman–Crippen MR) is 151 cm³/mol. The van der Waals surface area contributed by atoms with E-state index in [-0.39, 0.29) is 48.3 Å². The van der Waals surface area contributed by atoms with Gasteiger partial charge >= 0.3 is 0 Å². The number of carbonyl (C=O) groups is 3. The molecule has 1 aliphatic heterocycles. The fraction of sp³-hybridized carbons (Fsp3) is 0.290. The van der Waals surface area contributed by atoms with Crippen LogP contribution in [0.5, 0.6) is 0 Å². The van der Waals surface area contributed by atoms with Crippen LogP contribution in [0.4, 0.5) is 4.39 Å². The zero-order valence-electron chi connectivity index (χ0n) is 22.8. The number of fused-ring (bicyclic) bond motifs is 2. The van der Waals surface area contributed by atoms with Gasteiger partial charge in [0, 0.05) is 36.3 Å². The number of likely N-dealkylation sites (tertiary alicyclic amines) is 1. The maximum Gasteiger partial charge on any atom is 0.245 e. The van der Waals surface area contributed by atoms with E-state index in [0.29, 0.717) is 28.7 Å². The van der Waals surface area contributed by atoms with E-state index in [9.17, 15) is 18.8 Å². The van der Waals surface area contributed by atoms with E-state index in [4.69, 9.17) is 0 Å². The number of benzene rings is 2. The van der Waals surface area contributed by atoms with Crippen molar-refractivity contribution >= 4 is 34.6 Å². The number of hydrogen-bond acceptors (Lipinski definition) is 6. The molecular weight excluding hydrogens is 523 g/mol. The van der Waals surface area contributed by atoms with Crippen molar-refractivity contribution in [1.29, 1.82) is 0 Å². The average molecular weight is 553 g/mol. The lowest BCUT2D eigenvalue weighted by molar-refractivity contribution is -0.140. The molecule has 4 aromatic rings. The Kier molecular flexibility index (Phi) is 6.90. The van der Waals surface area contributed by atoms with E-state index < -0.39 is 11.9 Å². The lowest BCUT2D eigenvalue weighted by atomic mass is 10.0. The monoisotopic (exact) mass is 552 g/mol. The number of aromatic nitrogens is 4. The van der Waals surface area contributed by atoms with Gasteiger partial charge in [0.15, 0.2) is 5.78 Å². The largest absolute Gasteiger partial charge is 0.348 e. The molecule has 41 heavy (non-hydrogen) atoms. The van der Waals surface area contributed by atoms with Crippen LogP contribution in [0.25, 0.3) is 28.1 Å². The van der Waals surface area contributed by atoms with Crippen LogP contribution in [0.15, 0.2) is 66.8 Å². The normalized spacial score (nSPS) is 19.7. The number of rotatable bonds is 8. The highest BCUT2D eigenvalue weighted by Crippen LogP contribution is 2.48. The lowest BCUT2D eigenvalue weighted by Gasteiger charge is -2.27. The molecule has 2 amide bonds. The molecule has 2 fully saturated rings. The van der Waals surface area contributed by atoms with Crippen molar-refractivity contribution in [2.45, 2.75) is 45.3 Å². The number of aryl methyl sites for hydroxylation is 1. The average Bonchev–Trinajstić information content (AvgIpc) is 3.47. The van der Waals surface area contributed by atoms with Crippen LogP contribution in [-0.4, -0.2) is 60.9 Å². The second-order valence-corrected chi connectivity index (χ2v) is 10.6. The van der Waals surface area contributed by atoms with Gasteiger partial charge in [-0.1, -0.05) is 36.4 Å². The first kappa shape index (κ1) is 26.5. The van der Waals surface area contributed by atoms with E-state index in [0.717, 1.165) is 17.5 Å². The fourth-order valence-corrected chi connectivity index (χ4v) is 5.61. The molecule has 1 unspecified atom stereocenters. The minimum atomic E-state index is -0.669. The Hall–Kier alpha value is -4.73. The molecule has 0 spiro atoms. The van der Waals surface area contributed by atoms with Crippen molar-refractivity contribution < 1.29 is 18.8 Å². The maximum absolute atomic E-state index is 14.5. The van der Waals surface area contributed by atoms with Gasteiger partial charge < -0.3 is 10.2 Å². The van der Waals surface area contributed by atoms with Crippen LogP contribution in [0.2, 0.25) is 0 Å². The number of ketones is 1. The third-order valence-electron chi connectivity index (χ3n) is 7.73. The molecule has 6 rings (SSSR count). The third-order valence-corrected chi connectivity index (χ3v) is 7.73. The maximum atomic E-state index is 14.5. The van der Waals surface area contributed by atoms with Crippen molar-refractivity contribution in [2.24, 2.45) is 5.92 Å². The van der Waals surface area contributed by atoms with Gasteiger partial charge in [0.25, 0.3) is 0 Å². The van der Waals surface area contributed by atoms with Gasteiger partial charge in [0.1, 0.15) is 29.9 Å². The van der Waals surface area contributed by atoms with Crippen molar-refractivity contribution in [3.05, 3.63) is 83.8 Å². The minimum absolute atomic E-state index is 0.00907. The summed E-state index contributed by atoms with van der Waals surface area (Å²) in [5, 5.41) is 7.77. The van der Waals surface area contributed by atoms with Crippen molar-refractivity contribution in [3.63, 3.8) is 0 Å². The first-order valence-corrected chi connectivity index (χ1v) is 13.6. The summed E-state index contributed by atoms with van der Waals surface area (Å²) in [7, 11) is 0. The molecule has 10 heteroatoms. The van der Waals surface area contributed by atoms with Crippen molar-refractivity contribution in [2.75, 3.05) is 6.54 Å². The Morgan fingerprint density at radius 3 is 2.54 bits per heavy atom. The quantitative estimate of drug-likeness (QED) is 0.330. The Morgan fingerprint density at radius 1 is 1.05 bits per heavy atom. The van der Waals surface area contributed by atoms with E-state index in [2.05, 4.69) is 20.4 Å². The summed E-state index contributed by atoms with van der Waals surface area (Å²) in [4.78, 5) is 49.2. The van der Waals surface area contributed by atoms with Gasteiger partial charge in [-0.05, 0) is 55.0 Å². The zero-order valence-corrected chi connectivity index (χ0v) is 22.8. The minimum Gasteiger partial charge on any atom is -0.348 e. The zero-order chi connectivity index (χ0) is 28.7. The summed E-state index contributed by atoms with van der Waals surface area (Å²) in [6.45, 7) is 2.88. The van der Waals surface area contributed by atoms with E-state index in [1.807, 2.05) is 43.3 Å². The van der Waals surface area contributed by atoms with E-state index in [1.54, 1.807) is 29.4 Å². The number of Topliss-reactive ketones (excluding diaryl/α,β-unsaturated/α-hetero) is 1. The molecule has 1 N–H and O–H groups in total. The van der Waals surface area contributed by atoms with E-state index >= 15 is 0 Å². The summed E-state index contributed by atoms with van der Waals surface area (Å²) < 4.78 is 16.0. The first-order chi connectivity index (χ1) is 19.8. The molecule has 3 atom stereocenters. The number of nitrogens with one attached hydrogen (secondary N) is 1. The summed E-state index contributed by atoms with van der Waals surface area (Å²) in [5.74, 6) is -0.397. The number of hydrogen-bond donors (Lipinski definition) is 1. The van der Waals surface area contributed by atoms with Gasteiger partial charge in [-0.15, -0.1) is 0 Å². The van der Waals surface area contributed by atoms with Crippen molar-refractivity contribution in [1.82, 2.24) is 30.0 Å². The van der Waals surface area contributed by atoms with Crippen LogP contribution in [0.3, 0.4) is 0 Å². The Balaban J connectivity index is 1.20. The number of carbonyl (C=O) groups excluding carboxylic acids is 3. The van der Waals surface area contributed by atoms with Crippen LogP contribution in [0, 0.1) is 12.8 Å². The topological polar surface area (TPSA) is 110 Å². The number of piperidine rings is 1. The highest BCUT2D eigenvalue weighted by atomic mass is 19.1. The number of nitrogens with zero attached hydrogens (tertiary/aromatic N) is 5. The predicted octanol–water partition coefficient (Wildman–Crippen LogP) is 4.12. The molecule has 2 aliphatic rings. The SMILES string of the molecule is CC(=O)c1nn(CC(=O)N2[C@@H]3CC3C[C@H]2C(=O)NC/C(F)=C\c2ccccc2)c2ccc(-c3cnc(C)nc3)cc12. The van der Waals surface area contributed by atoms with Crippen LogP contribution < -0.4 is 5.32 Å². The molecule has 2 aromatic heterocycles. The molecule has 2 aromatic carbocycles. The first-order valence-electron chi connectivity index (χ1n) is 13.6. The smallest absolute Gasteiger partial charge is 0.245 e. The molecular formula is C31H29FN6O3. The highest BCUT2D eigenvalue weighted by molar-refractivity contribution is 6.06. The molecule has 3 heterocycles. The molecule has 1 aliphatic carbocycles. The lowest BCUT2D eigenvalue weighted by Crippen LogP contribution is -2.49. The third kappa shape index (κ3) is 5.37. The van der Waals surface area contributed by atoms with Crippen LogP contribution in [0.1, 0.15) is 41.6 Å². The van der Waals surface area contributed by atoms with Gasteiger partial charge in [0.05, 0.1) is 12.1 Å². The summed E-state index contributed by atoms with van der Waals surface area (Å²) in [6.07, 6.45) is 6.21. The standard InChI is InChI=1S/C31H29FN6O3/c1-18(39)30-25-11-21(23-14-33-19(2)34-15-23)8-9-26(25)37(36-30)17-29(40)38-27-12-22(27)13-28(38)31(41)35-16-24(32)10-20-6-4-3-5-7-20/h3-11,14-15,22,27-28H,12-13,16-17H2,1-2H3,(H,35,41)/b24-10+/t22?,27-,28+/m1/s1. The van der Waals surface area contributed by atoms with Gasteiger partial charge in [0.2, 0.25) is 11.8 Å². The number of halogens is 1. The van der Waals surface area contributed by atoms with Gasteiger partial charge in [-0.3, -0.25) is 19.1 Å². The molecule has 0 bridgehead atoms. The highest BCUT2D eigenvalue weighted by Gasteiger charge is 2.56. The molecule has 9 nitrogen and oxygen atoms in total. The van der Waals surface area contributed by atoms with Crippen LogP contribution in [-0.2, 0) is 16.1 Å². The summed E-state index contributed by atoms with van der Waals surface area (Å²) in [6, 6.07) is 13.9. The summed E-state index contributed by atoms with van der Waals surface area (Å²) >= 11 is 0. The molecule has 0 radical (unpaired) electrons.